The minimum Gasteiger partial charge on any atom is -0.538 e. The van der Waals surface area contributed by atoms with Crippen LogP contribution < -0.4 is 31.0 Å². The number of rotatable bonds is 14. The number of hydrogen-bond acceptors (Lipinski definition) is 12. The van der Waals surface area contributed by atoms with Gasteiger partial charge in [0.05, 0.1) is 25.4 Å². The molecule has 0 aliphatic heterocycles. The summed E-state index contributed by atoms with van der Waals surface area (Å²) >= 11 is 0. The summed E-state index contributed by atoms with van der Waals surface area (Å²) in [6.45, 7) is 2.97. The van der Waals surface area contributed by atoms with Gasteiger partial charge in [-0.05, 0) is 35.2 Å². The van der Waals surface area contributed by atoms with Crippen molar-refractivity contribution in [2.75, 3.05) is 26.3 Å². The highest BCUT2D eigenvalue weighted by Crippen LogP contribution is 2.09. The summed E-state index contributed by atoms with van der Waals surface area (Å²) in [7, 11) is -3.15. The fourth-order valence-corrected chi connectivity index (χ4v) is 2.69. The fraction of sp³-hybridized carbons (Fsp3) is 0.167. The van der Waals surface area contributed by atoms with Gasteiger partial charge in [-0.25, -0.2) is 19.2 Å². The van der Waals surface area contributed by atoms with Crippen LogP contribution in [0.1, 0.15) is 0 Å². The molecule has 0 heterocycles. The van der Waals surface area contributed by atoms with Gasteiger partial charge in [0.1, 0.15) is 24.7 Å². The molecule has 0 aliphatic carbocycles. The minimum absolute atomic E-state index is 0.0361. The second-order valence-electron chi connectivity index (χ2n) is 7.48. The van der Waals surface area contributed by atoms with Gasteiger partial charge in [0.25, 0.3) is 0 Å². The van der Waals surface area contributed by atoms with Gasteiger partial charge in [0.15, 0.2) is 0 Å². The Labute approximate surface area is 229 Å². The summed E-state index contributed by atoms with van der Waals surface area (Å²) in [5.41, 5.74) is 0.441. The topological polar surface area (TPSA) is 199 Å². The molecule has 0 spiro atoms. The largest absolute Gasteiger partial charge is 0.559 e. The van der Waals surface area contributed by atoms with Crippen LogP contribution >= 0.6 is 0 Å². The Balaban J connectivity index is 1.63. The molecular formula is C24H26B2N2O12. The van der Waals surface area contributed by atoms with Crippen LogP contribution in [0.4, 0.5) is 9.59 Å². The van der Waals surface area contributed by atoms with E-state index in [1.807, 2.05) is 0 Å². The summed E-state index contributed by atoms with van der Waals surface area (Å²) in [4.78, 5) is 46.1. The van der Waals surface area contributed by atoms with E-state index >= 15 is 0 Å². The predicted octanol–water partition coefficient (Wildman–Crippen LogP) is -1.27. The Hall–Kier alpha value is -4.79. The summed E-state index contributed by atoms with van der Waals surface area (Å²) < 4.78 is 24.6. The first kappa shape index (κ1) is 31.4. The van der Waals surface area contributed by atoms with Gasteiger partial charge in [-0.3, -0.25) is 0 Å². The second-order valence-corrected chi connectivity index (χ2v) is 7.48. The van der Waals surface area contributed by atoms with E-state index in [4.69, 9.17) is 33.6 Å². The second kappa shape index (κ2) is 16.9. The highest BCUT2D eigenvalue weighted by molar-refractivity contribution is 6.60. The lowest BCUT2D eigenvalue weighted by Gasteiger charge is -2.09. The van der Waals surface area contributed by atoms with E-state index in [1.165, 1.54) is 48.5 Å². The number of ether oxygens (including phenoxy) is 4. The number of amides is 2. The van der Waals surface area contributed by atoms with Crippen LogP contribution in [0, 0.1) is 0 Å². The molecule has 40 heavy (non-hydrogen) atoms. The molecule has 5 N–H and O–H groups in total. The predicted molar refractivity (Wildman–Crippen MR) is 141 cm³/mol. The maximum absolute atomic E-state index is 11.8. The number of carbonyl (C=O) groups excluding carboxylic acids is 4. The first-order valence-electron chi connectivity index (χ1n) is 11.6. The van der Waals surface area contributed by atoms with Crippen molar-refractivity contribution in [2.45, 2.75) is 0 Å². The zero-order valence-electron chi connectivity index (χ0n) is 21.1. The lowest BCUT2D eigenvalue weighted by Crippen LogP contribution is -2.32. The molecule has 0 saturated carbocycles. The van der Waals surface area contributed by atoms with E-state index < -0.39 is 38.4 Å². The zero-order chi connectivity index (χ0) is 29.3. The Morgan fingerprint density at radius 1 is 0.800 bits per heavy atom. The number of esters is 2. The molecule has 0 atom stereocenters. The van der Waals surface area contributed by atoms with Crippen molar-refractivity contribution < 1.29 is 57.9 Å². The van der Waals surface area contributed by atoms with Crippen molar-refractivity contribution in [1.29, 1.82) is 0 Å². The monoisotopic (exact) mass is 556 g/mol. The molecule has 0 fully saturated rings. The van der Waals surface area contributed by atoms with Gasteiger partial charge in [0.2, 0.25) is 0 Å². The van der Waals surface area contributed by atoms with E-state index in [1.54, 1.807) is 0 Å². The average molecular weight is 556 g/mol. The third-order valence-electron chi connectivity index (χ3n) is 4.55. The van der Waals surface area contributed by atoms with Crippen LogP contribution in [0.2, 0.25) is 0 Å². The third kappa shape index (κ3) is 12.2. The molecule has 2 rings (SSSR count). The molecule has 210 valence electrons. The van der Waals surface area contributed by atoms with Gasteiger partial charge >= 0.3 is 38.4 Å². The number of benzene rings is 2. The Bertz CT molecular complexity index is 1190. The quantitative estimate of drug-likeness (QED) is 0.0609. The Kier molecular flexibility index (Phi) is 13.3. The molecule has 0 unspecified atom stereocenters. The van der Waals surface area contributed by atoms with Crippen LogP contribution in [0.5, 0.6) is 11.5 Å². The molecule has 0 bridgehead atoms. The number of hydrogen-bond donors (Lipinski definition) is 5. The van der Waals surface area contributed by atoms with Crippen LogP contribution in [0.15, 0.2) is 73.5 Å². The van der Waals surface area contributed by atoms with Crippen molar-refractivity contribution in [3.8, 4) is 11.5 Å². The summed E-state index contributed by atoms with van der Waals surface area (Å²) in [6, 6.07) is 11.3. The number of carbonyl (C=O) groups is 4. The first-order valence-corrected chi connectivity index (χ1v) is 11.6. The van der Waals surface area contributed by atoms with Crippen molar-refractivity contribution in [3.05, 3.63) is 73.5 Å². The van der Waals surface area contributed by atoms with Crippen molar-refractivity contribution in [2.24, 2.45) is 0 Å². The number of nitrogens with one attached hydrogen (secondary N) is 2. The lowest BCUT2D eigenvalue weighted by atomic mass is 9.80. The molecule has 2 amide bonds. The van der Waals surface area contributed by atoms with Gasteiger partial charge in [-0.15, -0.1) is 0 Å². The molecule has 2 aromatic carbocycles. The van der Waals surface area contributed by atoms with E-state index in [2.05, 4.69) is 17.2 Å². The van der Waals surface area contributed by atoms with Gasteiger partial charge in [-0.2, -0.15) is 0 Å². The zero-order valence-corrected chi connectivity index (χ0v) is 21.1. The van der Waals surface area contributed by atoms with Gasteiger partial charge in [0, 0.05) is 6.08 Å². The Morgan fingerprint density at radius 2 is 1.40 bits per heavy atom. The van der Waals surface area contributed by atoms with E-state index in [-0.39, 0.29) is 43.3 Å². The molecule has 0 aromatic heterocycles. The Morgan fingerprint density at radius 3 is 2.00 bits per heavy atom. The third-order valence-corrected chi connectivity index (χ3v) is 4.55. The first-order chi connectivity index (χ1) is 19.2. The molecule has 0 saturated heterocycles. The van der Waals surface area contributed by atoms with Gasteiger partial charge in [-0.1, -0.05) is 30.8 Å². The summed E-state index contributed by atoms with van der Waals surface area (Å²) in [5, 5.41) is 33.1. The van der Waals surface area contributed by atoms with E-state index in [9.17, 15) is 24.2 Å². The SMILES string of the molecule is C=CC(=O)OCCNC(=O)Oc1ccc(B(O)O/C=C/C(=O)OCCNC(=O)Oc2cccc(B(O)O)c2)cc1. The van der Waals surface area contributed by atoms with Crippen LogP contribution in [-0.4, -0.2) is 79.7 Å². The van der Waals surface area contributed by atoms with E-state index in [0.717, 1.165) is 18.4 Å². The van der Waals surface area contributed by atoms with Gasteiger partial charge < -0.3 is 49.3 Å². The molecule has 0 aliphatic rings. The average Bonchev–Trinajstić information content (AvgIpc) is 2.93. The highest BCUT2D eigenvalue weighted by atomic mass is 16.6. The highest BCUT2D eigenvalue weighted by Gasteiger charge is 2.17. The standard InChI is InChI=1S/C24H26B2N2O12/c1-2-21(29)36-14-11-27-23(31)39-19-8-6-17(7-9-19)26(35)38-13-10-22(30)37-15-12-28-24(32)40-20-5-3-4-18(16-20)25(33)34/h2-10,13,16,33-35H,1,11-12,14-15H2,(H,27,31)(H,28,32)/b13-10+. The van der Waals surface area contributed by atoms with Crippen LogP contribution in [0.25, 0.3) is 0 Å². The minimum atomic E-state index is -1.71. The summed E-state index contributed by atoms with van der Waals surface area (Å²) in [6.07, 6.45) is 1.22. The molecule has 2 aromatic rings. The van der Waals surface area contributed by atoms with Crippen molar-refractivity contribution in [3.63, 3.8) is 0 Å². The molecule has 0 radical (unpaired) electrons. The van der Waals surface area contributed by atoms with E-state index in [0.29, 0.717) is 5.46 Å². The van der Waals surface area contributed by atoms with Crippen molar-refractivity contribution >= 4 is 49.3 Å². The fourth-order valence-electron chi connectivity index (χ4n) is 2.69. The lowest BCUT2D eigenvalue weighted by molar-refractivity contribution is -0.138. The molecular weight excluding hydrogens is 530 g/mol. The maximum atomic E-state index is 11.8. The smallest absolute Gasteiger partial charge is 0.538 e. The summed E-state index contributed by atoms with van der Waals surface area (Å²) in [5.74, 6) is -1.16. The van der Waals surface area contributed by atoms with Crippen LogP contribution in [-0.2, 0) is 23.7 Å². The molecule has 14 nitrogen and oxygen atoms in total. The normalized spacial score (nSPS) is 10.2. The van der Waals surface area contributed by atoms with Crippen LogP contribution in [0.3, 0.4) is 0 Å². The maximum Gasteiger partial charge on any atom is 0.559 e. The molecule has 16 heteroatoms. The van der Waals surface area contributed by atoms with Crippen molar-refractivity contribution in [1.82, 2.24) is 10.6 Å².